The highest BCUT2D eigenvalue weighted by molar-refractivity contribution is 5.93. The highest BCUT2D eigenvalue weighted by Crippen LogP contribution is 2.18. The van der Waals surface area contributed by atoms with Crippen LogP contribution >= 0.6 is 0 Å². The first-order valence-corrected chi connectivity index (χ1v) is 4.69. The number of carbonyl (C=O) groups is 1. The number of hydrogen-bond acceptors (Lipinski definition) is 2. The van der Waals surface area contributed by atoms with E-state index in [0.29, 0.717) is 13.0 Å². The highest BCUT2D eigenvalue weighted by Gasteiger charge is 2.10. The molecular weight excluding hydrogens is 176 g/mol. The third-order valence-corrected chi connectivity index (χ3v) is 2.21. The van der Waals surface area contributed by atoms with Gasteiger partial charge in [0.25, 0.3) is 0 Å². The Balaban J connectivity index is 2.84. The Hall–Kier alpha value is -1.35. The average molecular weight is 192 g/mol. The first-order chi connectivity index (χ1) is 6.66. The summed E-state index contributed by atoms with van der Waals surface area (Å²) in [4.78, 5) is 13.2. The van der Waals surface area contributed by atoms with Crippen LogP contribution in [-0.4, -0.2) is 19.5 Å². The zero-order valence-electron chi connectivity index (χ0n) is 8.66. The van der Waals surface area contributed by atoms with Crippen LogP contribution < -0.4 is 10.6 Å². The van der Waals surface area contributed by atoms with Crippen molar-refractivity contribution in [3.8, 4) is 0 Å². The predicted molar refractivity (Wildman–Crippen MR) is 58.3 cm³/mol. The maximum Gasteiger partial charge on any atom is 0.227 e. The second-order valence-corrected chi connectivity index (χ2v) is 3.28. The smallest absolute Gasteiger partial charge is 0.227 e. The Kier molecular flexibility index (Phi) is 3.65. The van der Waals surface area contributed by atoms with Crippen molar-refractivity contribution in [3.05, 3.63) is 29.8 Å². The van der Waals surface area contributed by atoms with Crippen LogP contribution in [0.1, 0.15) is 12.0 Å². The summed E-state index contributed by atoms with van der Waals surface area (Å²) >= 11 is 0. The predicted octanol–water partition coefficient (Wildman–Crippen LogP) is 1.31. The molecule has 3 nitrogen and oxygen atoms in total. The van der Waals surface area contributed by atoms with Gasteiger partial charge in [-0.1, -0.05) is 18.2 Å². The number of aryl methyl sites for hydroxylation is 1. The average Bonchev–Trinajstić information content (AvgIpc) is 2.18. The molecule has 2 N–H and O–H groups in total. The number of anilines is 1. The third-order valence-electron chi connectivity index (χ3n) is 2.21. The molecule has 0 aliphatic heterocycles. The van der Waals surface area contributed by atoms with E-state index in [0.717, 1.165) is 11.3 Å². The van der Waals surface area contributed by atoms with E-state index in [2.05, 4.69) is 0 Å². The van der Waals surface area contributed by atoms with Crippen LogP contribution in [0.2, 0.25) is 0 Å². The molecule has 0 atom stereocenters. The van der Waals surface area contributed by atoms with Crippen molar-refractivity contribution in [1.29, 1.82) is 0 Å². The fraction of sp³-hybridized carbons (Fsp3) is 0.364. The summed E-state index contributed by atoms with van der Waals surface area (Å²) in [5.74, 6) is 0.0572. The van der Waals surface area contributed by atoms with Gasteiger partial charge in [0.05, 0.1) is 0 Å². The number of nitrogens with zero attached hydrogens (tertiary/aromatic N) is 1. The van der Waals surface area contributed by atoms with Crippen LogP contribution in [0.25, 0.3) is 0 Å². The van der Waals surface area contributed by atoms with Crippen LogP contribution in [0.5, 0.6) is 0 Å². The van der Waals surface area contributed by atoms with E-state index in [1.165, 1.54) is 0 Å². The SMILES string of the molecule is Cc1ccccc1N(C)C(=O)CCN. The lowest BCUT2D eigenvalue weighted by atomic mass is 10.2. The number of para-hydroxylation sites is 1. The second kappa shape index (κ2) is 4.77. The molecular formula is C11H16N2O. The number of hydrogen-bond donors (Lipinski definition) is 1. The molecule has 1 rings (SSSR count). The van der Waals surface area contributed by atoms with Gasteiger partial charge < -0.3 is 10.6 Å². The number of nitrogens with two attached hydrogens (primary N) is 1. The molecule has 0 fully saturated rings. The first-order valence-electron chi connectivity index (χ1n) is 4.69. The number of carbonyl (C=O) groups excluding carboxylic acids is 1. The summed E-state index contributed by atoms with van der Waals surface area (Å²) in [5.41, 5.74) is 7.38. The molecule has 14 heavy (non-hydrogen) atoms. The fourth-order valence-electron chi connectivity index (χ4n) is 1.37. The Morgan fingerprint density at radius 3 is 2.64 bits per heavy atom. The van der Waals surface area contributed by atoms with Gasteiger partial charge in [-0.15, -0.1) is 0 Å². The van der Waals surface area contributed by atoms with Crippen LogP contribution in [0, 0.1) is 6.92 Å². The van der Waals surface area contributed by atoms with Crippen molar-refractivity contribution >= 4 is 11.6 Å². The van der Waals surface area contributed by atoms with E-state index in [-0.39, 0.29) is 5.91 Å². The van der Waals surface area contributed by atoms with E-state index < -0.39 is 0 Å². The molecule has 0 aromatic heterocycles. The molecule has 0 aliphatic rings. The minimum absolute atomic E-state index is 0.0572. The minimum atomic E-state index is 0.0572. The Labute approximate surface area is 84.5 Å². The molecule has 0 unspecified atom stereocenters. The maximum atomic E-state index is 11.5. The molecule has 0 radical (unpaired) electrons. The molecule has 0 saturated heterocycles. The molecule has 1 aromatic carbocycles. The van der Waals surface area contributed by atoms with Gasteiger partial charge in [0.1, 0.15) is 0 Å². The zero-order valence-corrected chi connectivity index (χ0v) is 8.66. The molecule has 1 aromatic rings. The van der Waals surface area contributed by atoms with E-state index in [1.54, 1.807) is 11.9 Å². The lowest BCUT2D eigenvalue weighted by Crippen LogP contribution is -2.28. The molecule has 0 aliphatic carbocycles. The number of rotatable bonds is 3. The lowest BCUT2D eigenvalue weighted by molar-refractivity contribution is -0.118. The van der Waals surface area contributed by atoms with Crippen LogP contribution in [-0.2, 0) is 4.79 Å². The summed E-state index contributed by atoms with van der Waals surface area (Å²) < 4.78 is 0. The van der Waals surface area contributed by atoms with Crippen molar-refractivity contribution in [2.75, 3.05) is 18.5 Å². The Morgan fingerprint density at radius 1 is 1.43 bits per heavy atom. The van der Waals surface area contributed by atoms with E-state index in [9.17, 15) is 4.79 Å². The normalized spacial score (nSPS) is 9.93. The molecule has 76 valence electrons. The van der Waals surface area contributed by atoms with Crippen LogP contribution in [0.4, 0.5) is 5.69 Å². The zero-order chi connectivity index (χ0) is 10.6. The van der Waals surface area contributed by atoms with Gasteiger partial charge in [-0.3, -0.25) is 4.79 Å². The van der Waals surface area contributed by atoms with Crippen molar-refractivity contribution in [2.45, 2.75) is 13.3 Å². The first kappa shape index (κ1) is 10.7. The highest BCUT2D eigenvalue weighted by atomic mass is 16.2. The molecule has 0 spiro atoms. The molecule has 1 amide bonds. The number of amides is 1. The van der Waals surface area contributed by atoms with Crippen molar-refractivity contribution in [1.82, 2.24) is 0 Å². The van der Waals surface area contributed by atoms with Gasteiger partial charge in [-0.25, -0.2) is 0 Å². The fourth-order valence-corrected chi connectivity index (χ4v) is 1.37. The molecule has 3 heteroatoms. The summed E-state index contributed by atoms with van der Waals surface area (Å²) in [6, 6.07) is 7.81. The largest absolute Gasteiger partial charge is 0.330 e. The second-order valence-electron chi connectivity index (χ2n) is 3.28. The minimum Gasteiger partial charge on any atom is -0.330 e. The molecule has 0 bridgehead atoms. The van der Waals surface area contributed by atoms with Gasteiger partial charge in [-0.05, 0) is 18.6 Å². The van der Waals surface area contributed by atoms with Crippen LogP contribution in [0.15, 0.2) is 24.3 Å². The van der Waals surface area contributed by atoms with Crippen molar-refractivity contribution in [3.63, 3.8) is 0 Å². The van der Waals surface area contributed by atoms with E-state index >= 15 is 0 Å². The number of benzene rings is 1. The van der Waals surface area contributed by atoms with Gasteiger partial charge >= 0.3 is 0 Å². The lowest BCUT2D eigenvalue weighted by Gasteiger charge is -2.18. The quantitative estimate of drug-likeness (QED) is 0.784. The summed E-state index contributed by atoms with van der Waals surface area (Å²) in [6.07, 6.45) is 0.394. The Bertz CT molecular complexity index is 323. The van der Waals surface area contributed by atoms with Gasteiger partial charge in [0.15, 0.2) is 0 Å². The van der Waals surface area contributed by atoms with E-state index in [4.69, 9.17) is 5.73 Å². The van der Waals surface area contributed by atoms with Gasteiger partial charge in [0, 0.05) is 25.7 Å². The summed E-state index contributed by atoms with van der Waals surface area (Å²) in [5, 5.41) is 0. The van der Waals surface area contributed by atoms with Crippen molar-refractivity contribution in [2.24, 2.45) is 5.73 Å². The summed E-state index contributed by atoms with van der Waals surface area (Å²) in [6.45, 7) is 2.39. The van der Waals surface area contributed by atoms with Gasteiger partial charge in [-0.2, -0.15) is 0 Å². The maximum absolute atomic E-state index is 11.5. The standard InChI is InChI=1S/C11H16N2O/c1-9-5-3-4-6-10(9)13(2)11(14)7-8-12/h3-6H,7-8,12H2,1-2H3. The monoisotopic (exact) mass is 192 g/mol. The van der Waals surface area contributed by atoms with E-state index in [1.807, 2.05) is 31.2 Å². The molecule has 0 heterocycles. The third kappa shape index (κ3) is 2.33. The van der Waals surface area contributed by atoms with Crippen molar-refractivity contribution < 1.29 is 4.79 Å². The molecule has 0 saturated carbocycles. The van der Waals surface area contributed by atoms with Gasteiger partial charge in [0.2, 0.25) is 5.91 Å². The van der Waals surface area contributed by atoms with Crippen LogP contribution in [0.3, 0.4) is 0 Å². The Morgan fingerprint density at radius 2 is 2.07 bits per heavy atom. The topological polar surface area (TPSA) is 46.3 Å². The summed E-state index contributed by atoms with van der Waals surface area (Å²) in [7, 11) is 1.78.